The fraction of sp³-hybridized carbons (Fsp3) is 0.0556. The van der Waals surface area contributed by atoms with Crippen LogP contribution < -0.4 is 15.4 Å². The van der Waals surface area contributed by atoms with Crippen molar-refractivity contribution in [2.75, 3.05) is 17.7 Å². The highest BCUT2D eigenvalue weighted by Gasteiger charge is 2.13. The van der Waals surface area contributed by atoms with Crippen LogP contribution in [0.3, 0.4) is 0 Å². The Morgan fingerprint density at radius 2 is 1.69 bits per heavy atom. The molecule has 0 spiro atoms. The molecule has 0 unspecified atom stereocenters. The molecule has 3 aromatic rings. The zero-order chi connectivity index (χ0) is 18.5. The van der Waals surface area contributed by atoms with E-state index in [-0.39, 0.29) is 17.5 Å². The number of aromatic nitrogens is 1. The summed E-state index contributed by atoms with van der Waals surface area (Å²) in [6.45, 7) is 0. The lowest BCUT2D eigenvalue weighted by Gasteiger charge is -2.04. The molecule has 3 rings (SSSR count). The van der Waals surface area contributed by atoms with Gasteiger partial charge >= 0.3 is 0 Å². The molecule has 2 amide bonds. The zero-order valence-electron chi connectivity index (χ0n) is 13.7. The van der Waals surface area contributed by atoms with Crippen molar-refractivity contribution >= 4 is 45.6 Å². The molecule has 132 valence electrons. The first-order valence-corrected chi connectivity index (χ1v) is 8.79. The third-order valence-corrected chi connectivity index (χ3v) is 4.42. The molecule has 0 aliphatic carbocycles. The summed E-state index contributed by atoms with van der Waals surface area (Å²) in [6, 6.07) is 13.4. The number of amides is 2. The Morgan fingerprint density at radius 3 is 2.35 bits per heavy atom. The number of carbonyl (C=O) groups is 2. The van der Waals surface area contributed by atoms with E-state index >= 15 is 0 Å². The first kappa shape index (κ1) is 17.9. The highest BCUT2D eigenvalue weighted by atomic mass is 35.5. The summed E-state index contributed by atoms with van der Waals surface area (Å²) in [4.78, 5) is 28.6. The molecule has 1 heterocycles. The van der Waals surface area contributed by atoms with Gasteiger partial charge in [0, 0.05) is 21.7 Å². The SMILES string of the molecule is COc1ccc(C(=O)Nc2nc(C(=O)Nc3ccc(Cl)cc3)cs2)cc1. The Bertz CT molecular complexity index is 924. The molecule has 0 aliphatic rings. The average Bonchev–Trinajstić information content (AvgIpc) is 3.12. The van der Waals surface area contributed by atoms with Gasteiger partial charge < -0.3 is 10.1 Å². The highest BCUT2D eigenvalue weighted by molar-refractivity contribution is 7.14. The van der Waals surface area contributed by atoms with Gasteiger partial charge in [-0.05, 0) is 48.5 Å². The van der Waals surface area contributed by atoms with Crippen LogP contribution in [0.5, 0.6) is 5.75 Å². The number of anilines is 2. The summed E-state index contributed by atoms with van der Waals surface area (Å²) in [5.74, 6) is -0.0165. The number of methoxy groups -OCH3 is 1. The van der Waals surface area contributed by atoms with Crippen molar-refractivity contribution in [3.63, 3.8) is 0 Å². The van der Waals surface area contributed by atoms with Crippen molar-refractivity contribution in [1.82, 2.24) is 4.98 Å². The van der Waals surface area contributed by atoms with Gasteiger partial charge in [0.2, 0.25) is 0 Å². The summed E-state index contributed by atoms with van der Waals surface area (Å²) in [6.07, 6.45) is 0. The number of hydrogen-bond donors (Lipinski definition) is 2. The number of hydrogen-bond acceptors (Lipinski definition) is 5. The van der Waals surface area contributed by atoms with Crippen molar-refractivity contribution in [1.29, 1.82) is 0 Å². The number of ether oxygens (including phenoxy) is 1. The average molecular weight is 388 g/mol. The fourth-order valence-corrected chi connectivity index (χ4v) is 2.89. The molecule has 0 saturated heterocycles. The van der Waals surface area contributed by atoms with Crippen LogP contribution in [0.15, 0.2) is 53.9 Å². The van der Waals surface area contributed by atoms with Crippen molar-refractivity contribution < 1.29 is 14.3 Å². The number of nitrogens with zero attached hydrogens (tertiary/aromatic N) is 1. The lowest BCUT2D eigenvalue weighted by molar-refractivity contribution is 0.101. The van der Waals surface area contributed by atoms with Crippen molar-refractivity contribution in [3.8, 4) is 5.75 Å². The maximum Gasteiger partial charge on any atom is 0.275 e. The van der Waals surface area contributed by atoms with Crippen molar-refractivity contribution in [2.45, 2.75) is 0 Å². The Labute approximate surface area is 158 Å². The van der Waals surface area contributed by atoms with Gasteiger partial charge in [-0.3, -0.25) is 14.9 Å². The maximum absolute atomic E-state index is 12.2. The summed E-state index contributed by atoms with van der Waals surface area (Å²) >= 11 is 6.99. The molecule has 0 bridgehead atoms. The van der Waals surface area contributed by atoms with Gasteiger partial charge in [-0.15, -0.1) is 11.3 Å². The van der Waals surface area contributed by atoms with Gasteiger partial charge in [0.1, 0.15) is 11.4 Å². The third-order valence-electron chi connectivity index (χ3n) is 3.41. The molecule has 0 radical (unpaired) electrons. The van der Waals surface area contributed by atoms with Gasteiger partial charge in [0.05, 0.1) is 7.11 Å². The largest absolute Gasteiger partial charge is 0.497 e. The molecule has 0 saturated carbocycles. The van der Waals surface area contributed by atoms with E-state index in [0.717, 1.165) is 0 Å². The summed E-state index contributed by atoms with van der Waals surface area (Å²) < 4.78 is 5.06. The molecule has 2 N–H and O–H groups in total. The Morgan fingerprint density at radius 1 is 1.00 bits per heavy atom. The van der Waals surface area contributed by atoms with Gasteiger partial charge in [-0.1, -0.05) is 11.6 Å². The van der Waals surface area contributed by atoms with Crippen LogP contribution in [0.25, 0.3) is 0 Å². The lowest BCUT2D eigenvalue weighted by atomic mass is 10.2. The smallest absolute Gasteiger partial charge is 0.275 e. The highest BCUT2D eigenvalue weighted by Crippen LogP contribution is 2.19. The number of thiazole rings is 1. The van der Waals surface area contributed by atoms with E-state index in [2.05, 4.69) is 15.6 Å². The topological polar surface area (TPSA) is 80.3 Å². The molecule has 6 nitrogen and oxygen atoms in total. The lowest BCUT2D eigenvalue weighted by Crippen LogP contribution is -2.14. The van der Waals surface area contributed by atoms with Gasteiger partial charge in [0.15, 0.2) is 5.13 Å². The monoisotopic (exact) mass is 387 g/mol. The number of rotatable bonds is 5. The van der Waals surface area contributed by atoms with Gasteiger partial charge in [-0.25, -0.2) is 4.98 Å². The normalized spacial score (nSPS) is 10.2. The predicted molar refractivity (Wildman–Crippen MR) is 102 cm³/mol. The van der Waals surface area contributed by atoms with E-state index in [4.69, 9.17) is 16.3 Å². The minimum absolute atomic E-state index is 0.218. The van der Waals surface area contributed by atoms with E-state index in [1.165, 1.54) is 11.3 Å². The quantitative estimate of drug-likeness (QED) is 0.683. The minimum Gasteiger partial charge on any atom is -0.497 e. The third kappa shape index (κ3) is 4.38. The summed E-state index contributed by atoms with van der Waals surface area (Å²) in [7, 11) is 1.56. The van der Waals surface area contributed by atoms with Gasteiger partial charge in [-0.2, -0.15) is 0 Å². The van der Waals surface area contributed by atoms with E-state index < -0.39 is 0 Å². The number of benzene rings is 2. The van der Waals surface area contributed by atoms with Crippen LogP contribution in [0, 0.1) is 0 Å². The zero-order valence-corrected chi connectivity index (χ0v) is 15.2. The second-order valence-electron chi connectivity index (χ2n) is 5.18. The number of halogens is 1. The molecule has 8 heteroatoms. The van der Waals surface area contributed by atoms with Crippen LogP contribution in [0.1, 0.15) is 20.8 Å². The first-order chi connectivity index (χ1) is 12.5. The number of carbonyl (C=O) groups excluding carboxylic acids is 2. The standard InChI is InChI=1S/C18H14ClN3O3S/c1-25-14-8-2-11(3-9-14)16(23)22-18-21-15(10-26-18)17(24)20-13-6-4-12(19)5-7-13/h2-10H,1H3,(H,20,24)(H,21,22,23). The van der Waals surface area contributed by atoms with Crippen LogP contribution in [0.4, 0.5) is 10.8 Å². The number of nitrogens with one attached hydrogen (secondary N) is 2. The second-order valence-corrected chi connectivity index (χ2v) is 6.48. The van der Waals surface area contributed by atoms with E-state index in [1.807, 2.05) is 0 Å². The summed E-state index contributed by atoms with van der Waals surface area (Å²) in [5.41, 5.74) is 1.29. The maximum atomic E-state index is 12.2. The molecular weight excluding hydrogens is 374 g/mol. The molecule has 26 heavy (non-hydrogen) atoms. The van der Waals surface area contributed by atoms with Crippen LogP contribution in [0.2, 0.25) is 5.02 Å². The van der Waals surface area contributed by atoms with Crippen LogP contribution >= 0.6 is 22.9 Å². The van der Waals surface area contributed by atoms with Crippen molar-refractivity contribution in [2.24, 2.45) is 0 Å². The van der Waals surface area contributed by atoms with Crippen LogP contribution in [-0.2, 0) is 0 Å². The summed E-state index contributed by atoms with van der Waals surface area (Å²) in [5, 5.41) is 7.89. The fourth-order valence-electron chi connectivity index (χ4n) is 2.08. The minimum atomic E-state index is -0.367. The second kappa shape index (κ2) is 7.99. The molecule has 2 aromatic carbocycles. The Hall–Kier alpha value is -2.90. The molecule has 0 atom stereocenters. The van der Waals surface area contributed by atoms with E-state index in [1.54, 1.807) is 61.0 Å². The van der Waals surface area contributed by atoms with Gasteiger partial charge in [0.25, 0.3) is 11.8 Å². The van der Waals surface area contributed by atoms with Crippen LogP contribution in [-0.4, -0.2) is 23.9 Å². The molecule has 0 fully saturated rings. The Kier molecular flexibility index (Phi) is 5.50. The van der Waals surface area contributed by atoms with E-state index in [0.29, 0.717) is 27.2 Å². The van der Waals surface area contributed by atoms with Crippen molar-refractivity contribution in [3.05, 3.63) is 70.2 Å². The molecule has 0 aliphatic heterocycles. The Balaban J connectivity index is 1.64. The first-order valence-electron chi connectivity index (χ1n) is 7.53. The molecule has 1 aromatic heterocycles. The van der Waals surface area contributed by atoms with E-state index in [9.17, 15) is 9.59 Å². The predicted octanol–water partition coefficient (Wildman–Crippen LogP) is 4.31. The molecular formula is C18H14ClN3O3S.